The molecule has 0 aliphatic rings. The van der Waals surface area contributed by atoms with E-state index in [0.717, 1.165) is 88.5 Å². The molecule has 0 saturated carbocycles. The van der Waals surface area contributed by atoms with Crippen molar-refractivity contribution in [2.75, 3.05) is 25.5 Å². The molecule has 0 aliphatic heterocycles. The van der Waals surface area contributed by atoms with Gasteiger partial charge in [0.1, 0.15) is 17.7 Å². The van der Waals surface area contributed by atoms with Gasteiger partial charge in [0.25, 0.3) is 0 Å². The molecule has 0 N–H and O–H groups in total. The van der Waals surface area contributed by atoms with Crippen molar-refractivity contribution in [1.82, 2.24) is 0 Å². The minimum atomic E-state index is -2.34. The van der Waals surface area contributed by atoms with Gasteiger partial charge >= 0.3 is 382 Å². The monoisotopic (exact) mass is 1090 g/mol. The Hall–Kier alpha value is -8.88. The zero-order valence-electron chi connectivity index (χ0n) is 46.0. The van der Waals surface area contributed by atoms with Crippen LogP contribution in [0.5, 0.6) is 11.5 Å². The van der Waals surface area contributed by atoms with Gasteiger partial charge in [-0.1, -0.05) is 54.6 Å². The number of nitrogens with zero attached hydrogens (tertiary/aromatic N) is 2. The van der Waals surface area contributed by atoms with E-state index in [-0.39, 0.29) is 5.57 Å². The Kier molecular flexibility index (Phi) is 18.7. The Balaban J connectivity index is 0.906. The van der Waals surface area contributed by atoms with Crippen molar-refractivity contribution in [3.63, 3.8) is 0 Å². The van der Waals surface area contributed by atoms with Gasteiger partial charge in [-0.05, 0) is 18.1 Å². The SMILES string of the molecule is CC(=C(C#N)C#N)c1ccc(C(=C(c2ccc(OCCCC[PH](c3ccccc3)(c3ccccc3)c3ccccc3)cc2)c2ccc(OCCCC[PH](c3ccccc3)(c3ccccc3)c3ccccc3)cc2)c2ccccc2)cc1. The number of unbranched alkanes of at least 4 members (excludes halogenated alkanes) is 2. The summed E-state index contributed by atoms with van der Waals surface area (Å²) in [7, 11) is -4.68. The minimum Gasteiger partial charge on any atom is -0.0622 e. The third kappa shape index (κ3) is 12.8. The van der Waals surface area contributed by atoms with Crippen molar-refractivity contribution in [3.8, 4) is 23.6 Å². The Labute approximate surface area is 480 Å². The first kappa shape index (κ1) is 55.4. The molecular formula is C75H68N2O2P2. The minimum absolute atomic E-state index is 0.106. The van der Waals surface area contributed by atoms with Crippen LogP contribution in [-0.4, -0.2) is 25.5 Å². The van der Waals surface area contributed by atoms with Crippen LogP contribution in [0.25, 0.3) is 16.7 Å². The smallest absolute Gasteiger partial charge is 0.0622 e. The van der Waals surface area contributed by atoms with Crippen molar-refractivity contribution in [1.29, 1.82) is 10.5 Å². The number of allylic oxidation sites excluding steroid dienone is 2. The summed E-state index contributed by atoms with van der Waals surface area (Å²) >= 11 is 0. The first-order valence-corrected chi connectivity index (χ1v) is 32.6. The number of rotatable bonds is 23. The summed E-state index contributed by atoms with van der Waals surface area (Å²) in [6, 6.07) is 107. The number of ether oxygens (including phenoxy) is 2. The summed E-state index contributed by atoms with van der Waals surface area (Å²) in [5.41, 5.74) is 7.84. The molecule has 0 amide bonds. The fraction of sp³-hybridized carbons (Fsp3) is 0.120. The van der Waals surface area contributed by atoms with Crippen molar-refractivity contribution < 1.29 is 9.47 Å². The van der Waals surface area contributed by atoms with E-state index in [0.29, 0.717) is 18.8 Å². The van der Waals surface area contributed by atoms with Crippen LogP contribution in [0, 0.1) is 22.7 Å². The summed E-state index contributed by atoms with van der Waals surface area (Å²) in [6.45, 7) is 3.04. The summed E-state index contributed by atoms with van der Waals surface area (Å²) in [6.07, 6.45) is 6.04. The van der Waals surface area contributed by atoms with Crippen molar-refractivity contribution in [2.45, 2.75) is 32.6 Å². The van der Waals surface area contributed by atoms with Crippen LogP contribution in [0.2, 0.25) is 0 Å². The van der Waals surface area contributed by atoms with Crippen LogP contribution in [-0.2, 0) is 0 Å². The molecule has 0 radical (unpaired) electrons. The van der Waals surface area contributed by atoms with E-state index < -0.39 is 14.5 Å². The Morgan fingerprint density at radius 2 is 0.556 bits per heavy atom. The van der Waals surface area contributed by atoms with E-state index in [9.17, 15) is 10.5 Å². The summed E-state index contributed by atoms with van der Waals surface area (Å²) in [4.78, 5) is 0. The standard InChI is InChI=1S/C75H68N2O2P2/c1-59(65(57-76)58-77)60-41-43-62(44-42-60)74(61-27-9-2-10-28-61)75(63-45-49-66(50-46-63)78-53-23-25-55-80(68-29-11-3-12-30-68,69-31-13-4-14-32-69)70-33-15-5-16-34-70)64-47-51-67(52-48-64)79-54-24-26-56-81(71-35-17-6-18-36-71,72-37-19-7-20-38-72)73-39-21-8-22-40-73/h2-22,27-52,80-81H,23-26,53-56H2,1H3. The third-order valence-corrected chi connectivity index (χ3v) is 26.0. The number of nitriles is 2. The van der Waals surface area contributed by atoms with Crippen LogP contribution in [0.15, 0.2) is 291 Å². The van der Waals surface area contributed by atoms with Gasteiger partial charge in [0.2, 0.25) is 0 Å². The quantitative estimate of drug-likeness (QED) is 0.0277. The second-order valence-electron chi connectivity index (χ2n) is 20.6. The van der Waals surface area contributed by atoms with Crippen molar-refractivity contribution >= 4 is 63.1 Å². The third-order valence-electron chi connectivity index (χ3n) is 15.8. The van der Waals surface area contributed by atoms with Crippen LogP contribution in [0.1, 0.15) is 60.4 Å². The number of hydrogen-bond donors (Lipinski definition) is 0. The Morgan fingerprint density at radius 3 is 0.840 bits per heavy atom. The first-order chi connectivity index (χ1) is 40.0. The second-order valence-corrected chi connectivity index (χ2v) is 28.7. The van der Waals surface area contributed by atoms with E-state index in [4.69, 9.17) is 9.47 Å². The van der Waals surface area contributed by atoms with Crippen molar-refractivity contribution in [3.05, 3.63) is 319 Å². The molecule has 0 heterocycles. The van der Waals surface area contributed by atoms with E-state index in [2.05, 4.69) is 279 Å². The fourth-order valence-electron chi connectivity index (χ4n) is 11.7. The average molecular weight is 1090 g/mol. The van der Waals surface area contributed by atoms with E-state index in [1.54, 1.807) is 0 Å². The maximum absolute atomic E-state index is 9.70. The molecule has 10 aromatic carbocycles. The summed E-state index contributed by atoms with van der Waals surface area (Å²) in [5, 5.41) is 28.0. The van der Waals surface area contributed by atoms with Crippen molar-refractivity contribution in [2.24, 2.45) is 0 Å². The molecule has 4 nitrogen and oxygen atoms in total. The van der Waals surface area contributed by atoms with E-state index in [1.165, 1.54) is 31.8 Å². The zero-order chi connectivity index (χ0) is 55.5. The van der Waals surface area contributed by atoms with Gasteiger partial charge in [-0.3, -0.25) is 0 Å². The molecule has 81 heavy (non-hydrogen) atoms. The molecule has 0 unspecified atom stereocenters. The average Bonchev–Trinajstić information content (AvgIpc) is 3.55. The van der Waals surface area contributed by atoms with Crippen LogP contribution in [0.4, 0.5) is 0 Å². The van der Waals surface area contributed by atoms with Gasteiger partial charge in [0.15, 0.2) is 0 Å². The van der Waals surface area contributed by atoms with Gasteiger partial charge in [0, 0.05) is 0 Å². The predicted molar refractivity (Wildman–Crippen MR) is 347 cm³/mol. The fourth-order valence-corrected chi connectivity index (χ4v) is 21.6. The molecule has 0 aliphatic carbocycles. The van der Waals surface area contributed by atoms with Crippen LogP contribution >= 0.6 is 14.5 Å². The molecular weight excluding hydrogens is 1020 g/mol. The molecule has 0 saturated heterocycles. The van der Waals surface area contributed by atoms with Gasteiger partial charge < -0.3 is 0 Å². The van der Waals surface area contributed by atoms with Gasteiger partial charge in [-0.2, -0.15) is 10.5 Å². The topological polar surface area (TPSA) is 66.0 Å². The first-order valence-electron chi connectivity index (χ1n) is 28.2. The maximum atomic E-state index is 9.70. The van der Waals surface area contributed by atoms with Gasteiger partial charge in [-0.15, -0.1) is 0 Å². The van der Waals surface area contributed by atoms with Crippen LogP contribution in [0.3, 0.4) is 0 Å². The molecule has 0 fully saturated rings. The molecule has 400 valence electrons. The van der Waals surface area contributed by atoms with Gasteiger partial charge in [0.05, 0.1) is 0 Å². The van der Waals surface area contributed by atoms with Gasteiger partial charge in [-0.25, -0.2) is 0 Å². The Bertz CT molecular complexity index is 3340. The van der Waals surface area contributed by atoms with E-state index in [1.807, 2.05) is 25.1 Å². The molecule has 0 aromatic heterocycles. The summed E-state index contributed by atoms with van der Waals surface area (Å²) in [5.74, 6) is 1.66. The zero-order valence-corrected chi connectivity index (χ0v) is 48.0. The molecule has 0 bridgehead atoms. The predicted octanol–water partition coefficient (Wildman–Crippen LogP) is 15.3. The number of hydrogen-bond acceptors (Lipinski definition) is 4. The van der Waals surface area contributed by atoms with Crippen LogP contribution < -0.4 is 41.3 Å². The molecule has 0 spiro atoms. The van der Waals surface area contributed by atoms with E-state index >= 15 is 0 Å². The normalized spacial score (nSPS) is 11.5. The molecule has 0 atom stereocenters. The molecule has 10 aromatic rings. The molecule has 10 rings (SSSR count). The second kappa shape index (κ2) is 27.3. The molecule has 6 heteroatoms. The summed E-state index contributed by atoms with van der Waals surface area (Å²) < 4.78 is 13.1. The Morgan fingerprint density at radius 1 is 0.309 bits per heavy atom. The number of benzene rings is 10.